The summed E-state index contributed by atoms with van der Waals surface area (Å²) in [5, 5.41) is 27.5. The molecule has 214 valence electrons. The van der Waals surface area contributed by atoms with Crippen LogP contribution in [0.3, 0.4) is 0 Å². The van der Waals surface area contributed by atoms with Crippen LogP contribution in [0.2, 0.25) is 0 Å². The maximum Gasteiger partial charge on any atom is 0.258 e. The quantitative estimate of drug-likeness (QED) is 0.327. The Bertz CT molecular complexity index is 1470. The predicted octanol–water partition coefficient (Wildman–Crippen LogP) is 2.94. The van der Waals surface area contributed by atoms with Crippen molar-refractivity contribution in [3.05, 3.63) is 69.4 Å². The molecule has 1 amide bonds. The molecule has 0 spiro atoms. The van der Waals surface area contributed by atoms with E-state index in [4.69, 9.17) is 0 Å². The molecule has 3 aromatic rings. The summed E-state index contributed by atoms with van der Waals surface area (Å²) in [5.41, 5.74) is 1.94. The molecule has 1 aromatic heterocycles. The van der Waals surface area contributed by atoms with E-state index in [2.05, 4.69) is 15.5 Å². The van der Waals surface area contributed by atoms with Crippen LogP contribution < -0.4 is 16.2 Å². The first-order valence-electron chi connectivity index (χ1n) is 14.1. The van der Waals surface area contributed by atoms with Gasteiger partial charge in [-0.1, -0.05) is 6.07 Å². The fraction of sp³-hybridized carbons (Fsp3) is 0.484. The minimum Gasteiger partial charge on any atom is -0.395 e. The standard InChI is InChI=1S/C31H39FN4O4/c1-19-26(13-21(14-28(19)32)29(38)34-23-5-6-23)20-4-7-25-27(12-20)22(15-35-11-9-33-24(17-35)18-37)16-36(30(25)39)10-8-31(2,3)40/h4,7,12-14,16,23-24,33,37,40H,5-6,8-11,15,17-18H2,1-3H3,(H,34,38)/t24-/m1/s1. The van der Waals surface area contributed by atoms with Crippen LogP contribution in [0.4, 0.5) is 4.39 Å². The van der Waals surface area contributed by atoms with E-state index in [0.29, 0.717) is 42.6 Å². The van der Waals surface area contributed by atoms with Crippen molar-refractivity contribution in [2.24, 2.45) is 0 Å². The Morgan fingerprint density at radius 2 is 1.98 bits per heavy atom. The monoisotopic (exact) mass is 550 g/mol. The molecule has 8 nitrogen and oxygen atoms in total. The van der Waals surface area contributed by atoms with E-state index in [9.17, 15) is 19.8 Å². The van der Waals surface area contributed by atoms with E-state index in [1.54, 1.807) is 37.5 Å². The van der Waals surface area contributed by atoms with Gasteiger partial charge in [-0.15, -0.1) is 0 Å². The first-order chi connectivity index (χ1) is 19.0. The van der Waals surface area contributed by atoms with Crippen molar-refractivity contribution in [1.29, 1.82) is 0 Å². The number of benzene rings is 2. The summed E-state index contributed by atoms with van der Waals surface area (Å²) in [6, 6.07) is 8.66. The third-order valence-corrected chi connectivity index (χ3v) is 7.92. The zero-order valence-electron chi connectivity index (χ0n) is 23.5. The minimum absolute atomic E-state index is 0.0215. The van der Waals surface area contributed by atoms with E-state index in [0.717, 1.165) is 42.4 Å². The first-order valence-corrected chi connectivity index (χ1v) is 14.1. The lowest BCUT2D eigenvalue weighted by Crippen LogP contribution is -2.51. The van der Waals surface area contributed by atoms with Crippen molar-refractivity contribution in [2.45, 2.75) is 70.8 Å². The highest BCUT2D eigenvalue weighted by Crippen LogP contribution is 2.31. The van der Waals surface area contributed by atoms with Gasteiger partial charge in [0.15, 0.2) is 0 Å². The number of hydrogen-bond donors (Lipinski definition) is 4. The molecule has 1 aliphatic carbocycles. The van der Waals surface area contributed by atoms with Crippen molar-refractivity contribution in [3.63, 3.8) is 0 Å². The lowest BCUT2D eigenvalue weighted by molar-refractivity contribution is 0.0659. The highest BCUT2D eigenvalue weighted by molar-refractivity contribution is 5.97. The summed E-state index contributed by atoms with van der Waals surface area (Å²) in [7, 11) is 0. The van der Waals surface area contributed by atoms with Gasteiger partial charge in [0.2, 0.25) is 0 Å². The van der Waals surface area contributed by atoms with E-state index in [1.807, 2.05) is 18.3 Å². The van der Waals surface area contributed by atoms with Gasteiger partial charge in [-0.25, -0.2) is 4.39 Å². The number of fused-ring (bicyclic) bond motifs is 1. The van der Waals surface area contributed by atoms with Crippen LogP contribution >= 0.6 is 0 Å². The lowest BCUT2D eigenvalue weighted by Gasteiger charge is -2.33. The van der Waals surface area contributed by atoms with Gasteiger partial charge in [0.25, 0.3) is 11.5 Å². The van der Waals surface area contributed by atoms with Crippen molar-refractivity contribution in [3.8, 4) is 11.1 Å². The van der Waals surface area contributed by atoms with Crippen molar-refractivity contribution < 1.29 is 19.4 Å². The second-order valence-corrected chi connectivity index (χ2v) is 11.9. The van der Waals surface area contributed by atoms with Crippen molar-refractivity contribution in [1.82, 2.24) is 20.1 Å². The average Bonchev–Trinajstić information content (AvgIpc) is 3.74. The van der Waals surface area contributed by atoms with E-state index in [1.165, 1.54) is 6.07 Å². The molecule has 2 heterocycles. The van der Waals surface area contributed by atoms with Gasteiger partial charge < -0.3 is 25.4 Å². The van der Waals surface area contributed by atoms with Gasteiger partial charge in [0.05, 0.1) is 12.2 Å². The molecule has 5 rings (SSSR count). The number of carbonyl (C=O) groups excluding carboxylic acids is 1. The summed E-state index contributed by atoms with van der Waals surface area (Å²) < 4.78 is 16.7. The van der Waals surface area contributed by atoms with Crippen LogP contribution in [-0.4, -0.2) is 69.5 Å². The maximum absolute atomic E-state index is 15.0. The fourth-order valence-electron chi connectivity index (χ4n) is 5.33. The Morgan fingerprint density at radius 3 is 2.67 bits per heavy atom. The Labute approximate surface area is 233 Å². The largest absolute Gasteiger partial charge is 0.395 e. The van der Waals surface area contributed by atoms with Crippen LogP contribution in [0, 0.1) is 12.7 Å². The van der Waals surface area contributed by atoms with E-state index >= 15 is 4.39 Å². The van der Waals surface area contributed by atoms with Crippen LogP contribution in [0.1, 0.15) is 54.6 Å². The molecule has 1 saturated heterocycles. The van der Waals surface area contributed by atoms with Crippen LogP contribution in [-0.2, 0) is 13.1 Å². The zero-order valence-corrected chi connectivity index (χ0v) is 23.5. The molecule has 0 radical (unpaired) electrons. The summed E-state index contributed by atoms with van der Waals surface area (Å²) >= 11 is 0. The third-order valence-electron chi connectivity index (χ3n) is 7.92. The summed E-state index contributed by atoms with van der Waals surface area (Å²) in [6.07, 6.45) is 4.17. The number of halogens is 1. The van der Waals surface area contributed by atoms with Gasteiger partial charge in [-0.2, -0.15) is 0 Å². The van der Waals surface area contributed by atoms with Crippen LogP contribution in [0.5, 0.6) is 0 Å². The predicted molar refractivity (Wildman–Crippen MR) is 154 cm³/mol. The second-order valence-electron chi connectivity index (χ2n) is 11.9. The molecule has 9 heteroatoms. The first kappa shape index (κ1) is 28.4. The SMILES string of the molecule is Cc1c(F)cc(C(=O)NC2CC2)cc1-c1ccc2c(=O)n(CCC(C)(C)O)cc(CN3CCN[C@@H](CO)C3)c2c1. The van der Waals surface area contributed by atoms with E-state index < -0.39 is 11.4 Å². The number of aromatic nitrogens is 1. The number of hydrogen-bond acceptors (Lipinski definition) is 6. The highest BCUT2D eigenvalue weighted by atomic mass is 19.1. The zero-order chi connectivity index (χ0) is 28.6. The molecule has 1 aliphatic heterocycles. The van der Waals surface area contributed by atoms with Gasteiger partial charge in [0.1, 0.15) is 5.82 Å². The maximum atomic E-state index is 15.0. The van der Waals surface area contributed by atoms with Gasteiger partial charge in [-0.3, -0.25) is 14.5 Å². The Kier molecular flexibility index (Phi) is 8.10. The van der Waals surface area contributed by atoms with Crippen LogP contribution in [0.15, 0.2) is 41.3 Å². The molecule has 0 bridgehead atoms. The summed E-state index contributed by atoms with van der Waals surface area (Å²) in [4.78, 5) is 28.5. The van der Waals surface area contributed by atoms with Crippen molar-refractivity contribution >= 4 is 16.7 Å². The number of pyridine rings is 1. The lowest BCUT2D eigenvalue weighted by atomic mass is 9.94. The second kappa shape index (κ2) is 11.4. The number of carbonyl (C=O) groups is 1. The van der Waals surface area contributed by atoms with E-state index in [-0.39, 0.29) is 35.7 Å². The molecule has 2 aromatic carbocycles. The number of nitrogens with zero attached hydrogens (tertiary/aromatic N) is 2. The topological polar surface area (TPSA) is 107 Å². The molecule has 40 heavy (non-hydrogen) atoms. The number of rotatable bonds is 9. The van der Waals surface area contributed by atoms with Crippen LogP contribution in [0.25, 0.3) is 21.9 Å². The smallest absolute Gasteiger partial charge is 0.258 e. The highest BCUT2D eigenvalue weighted by Gasteiger charge is 2.25. The van der Waals surface area contributed by atoms with Gasteiger partial charge >= 0.3 is 0 Å². The van der Waals surface area contributed by atoms with Crippen molar-refractivity contribution in [2.75, 3.05) is 26.2 Å². The summed E-state index contributed by atoms with van der Waals surface area (Å²) in [6.45, 7) is 8.34. The molecule has 4 N–H and O–H groups in total. The number of nitrogens with one attached hydrogen (secondary N) is 2. The molecular formula is C31H39FN4O4. The molecule has 1 saturated carbocycles. The molecule has 2 fully saturated rings. The Morgan fingerprint density at radius 1 is 1.20 bits per heavy atom. The summed E-state index contributed by atoms with van der Waals surface area (Å²) in [5.74, 6) is -0.729. The normalized spacial score (nSPS) is 18.3. The van der Waals surface area contributed by atoms with Gasteiger partial charge in [0, 0.05) is 62.0 Å². The number of aliphatic hydroxyl groups excluding tert-OH is 1. The number of piperazine rings is 1. The molecule has 1 atom stereocenters. The Hall–Kier alpha value is -3.11. The fourth-order valence-corrected chi connectivity index (χ4v) is 5.33. The molecule has 2 aliphatic rings. The molecular weight excluding hydrogens is 511 g/mol. The number of amides is 1. The minimum atomic E-state index is -0.913. The molecule has 0 unspecified atom stereocenters. The third kappa shape index (κ3) is 6.44. The Balaban J connectivity index is 1.58. The number of aliphatic hydroxyl groups is 2. The van der Waals surface area contributed by atoms with Gasteiger partial charge in [-0.05, 0) is 91.9 Å². The average molecular weight is 551 g/mol. The number of aryl methyl sites for hydroxylation is 1.